The maximum Gasteiger partial charge on any atom is 0.0813 e. The van der Waals surface area contributed by atoms with E-state index in [0.717, 1.165) is 11.5 Å². The van der Waals surface area contributed by atoms with Gasteiger partial charge in [-0.1, -0.05) is 11.8 Å². The van der Waals surface area contributed by atoms with Crippen molar-refractivity contribution in [2.24, 2.45) is 5.73 Å². The van der Waals surface area contributed by atoms with Gasteiger partial charge in [0.2, 0.25) is 0 Å². The van der Waals surface area contributed by atoms with Gasteiger partial charge in [0.1, 0.15) is 0 Å². The lowest BCUT2D eigenvalue weighted by Gasteiger charge is -2.25. The molecule has 2 rings (SSSR count). The van der Waals surface area contributed by atoms with Crippen molar-refractivity contribution >= 4 is 11.3 Å². The molecule has 0 unspecified atom stereocenters. The summed E-state index contributed by atoms with van der Waals surface area (Å²) in [5.41, 5.74) is 5.31. The molecule has 3 heteroatoms. The third-order valence-electron chi connectivity index (χ3n) is 2.49. The third-order valence-corrected chi connectivity index (χ3v) is 3.46. The molecule has 1 aliphatic carbocycles. The van der Waals surface area contributed by atoms with E-state index in [-0.39, 0.29) is 0 Å². The Labute approximate surface area is 94.4 Å². The van der Waals surface area contributed by atoms with Crippen LogP contribution < -0.4 is 5.73 Å². The Kier molecular flexibility index (Phi) is 3.79. The molecule has 0 aromatic carbocycles. The van der Waals surface area contributed by atoms with Crippen molar-refractivity contribution in [1.82, 2.24) is 0 Å². The zero-order chi connectivity index (χ0) is 10.5. The zero-order valence-corrected chi connectivity index (χ0v) is 9.48. The molecule has 1 fully saturated rings. The van der Waals surface area contributed by atoms with Gasteiger partial charge in [-0.25, -0.2) is 0 Å². The van der Waals surface area contributed by atoms with Gasteiger partial charge in [-0.3, -0.25) is 0 Å². The van der Waals surface area contributed by atoms with Crippen molar-refractivity contribution in [3.8, 4) is 11.8 Å². The second-order valence-electron chi connectivity index (χ2n) is 3.64. The highest BCUT2D eigenvalue weighted by Crippen LogP contribution is 2.24. The third kappa shape index (κ3) is 3.07. The van der Waals surface area contributed by atoms with E-state index in [1.54, 1.807) is 11.3 Å². The van der Waals surface area contributed by atoms with Crippen molar-refractivity contribution in [3.05, 3.63) is 21.9 Å². The van der Waals surface area contributed by atoms with Gasteiger partial charge in [0.25, 0.3) is 0 Å². The lowest BCUT2D eigenvalue weighted by Crippen LogP contribution is -2.20. The predicted octanol–water partition coefficient (Wildman–Crippen LogP) is 2.13. The molecule has 1 heterocycles. The summed E-state index contributed by atoms with van der Waals surface area (Å²) < 4.78 is 5.72. The highest BCUT2D eigenvalue weighted by Gasteiger charge is 2.17. The molecule has 0 radical (unpaired) electrons. The second kappa shape index (κ2) is 5.32. The minimum Gasteiger partial charge on any atom is -0.373 e. The average Bonchev–Trinajstić information content (AvgIpc) is 2.60. The van der Waals surface area contributed by atoms with E-state index in [2.05, 4.69) is 17.9 Å². The quantitative estimate of drug-likeness (QED) is 0.794. The van der Waals surface area contributed by atoms with Crippen molar-refractivity contribution < 1.29 is 4.74 Å². The monoisotopic (exact) mass is 221 g/mol. The number of nitrogens with two attached hydrogens (primary N) is 1. The molecule has 0 aliphatic heterocycles. The van der Waals surface area contributed by atoms with Gasteiger partial charge >= 0.3 is 0 Å². The van der Waals surface area contributed by atoms with Crippen LogP contribution in [0.25, 0.3) is 0 Å². The number of hydrogen-bond acceptors (Lipinski definition) is 3. The molecule has 1 aliphatic rings. The van der Waals surface area contributed by atoms with Gasteiger partial charge in [0.05, 0.1) is 24.1 Å². The first-order chi connectivity index (χ1) is 7.38. The van der Waals surface area contributed by atoms with Crippen molar-refractivity contribution in [2.75, 3.05) is 6.54 Å². The maximum atomic E-state index is 5.72. The fraction of sp³-hybridized carbons (Fsp3) is 0.500. The lowest BCUT2D eigenvalue weighted by atomic mass is 9.96. The van der Waals surface area contributed by atoms with Crippen molar-refractivity contribution in [1.29, 1.82) is 0 Å². The van der Waals surface area contributed by atoms with Crippen molar-refractivity contribution in [2.45, 2.75) is 32.0 Å². The summed E-state index contributed by atoms with van der Waals surface area (Å²) in [5.74, 6) is 5.88. The summed E-state index contributed by atoms with van der Waals surface area (Å²) in [5, 5.41) is 0. The molecule has 1 aromatic rings. The summed E-state index contributed by atoms with van der Waals surface area (Å²) in [6, 6.07) is 4.12. The predicted molar refractivity (Wildman–Crippen MR) is 62.7 cm³/mol. The van der Waals surface area contributed by atoms with Crippen LogP contribution in [-0.2, 0) is 11.3 Å². The standard InChI is InChI=1S/C12H15NOS/c13-8-2-5-11-6-7-12(15-11)9-14-10-3-1-4-10/h6-7,10H,1,3-4,8-9,13H2. The van der Waals surface area contributed by atoms with E-state index in [0.29, 0.717) is 12.6 Å². The van der Waals surface area contributed by atoms with Gasteiger partial charge in [0, 0.05) is 4.88 Å². The van der Waals surface area contributed by atoms with E-state index >= 15 is 0 Å². The first-order valence-corrected chi connectivity index (χ1v) is 6.09. The number of thiophene rings is 1. The van der Waals surface area contributed by atoms with Crippen LogP contribution in [0.3, 0.4) is 0 Å². The van der Waals surface area contributed by atoms with Gasteiger partial charge in [-0.15, -0.1) is 11.3 Å². The van der Waals surface area contributed by atoms with Crippen LogP contribution in [-0.4, -0.2) is 12.6 Å². The molecule has 0 bridgehead atoms. The number of hydrogen-bond donors (Lipinski definition) is 1. The smallest absolute Gasteiger partial charge is 0.0813 e. The summed E-state index contributed by atoms with van der Waals surface area (Å²) in [4.78, 5) is 2.33. The Morgan fingerprint density at radius 1 is 1.47 bits per heavy atom. The number of ether oxygens (including phenoxy) is 1. The molecule has 1 saturated carbocycles. The van der Waals surface area contributed by atoms with Gasteiger partial charge in [-0.2, -0.15) is 0 Å². The Hall–Kier alpha value is -0.820. The SMILES string of the molecule is NCC#Cc1ccc(COC2CCC2)s1. The van der Waals surface area contributed by atoms with Crippen LogP contribution in [0.2, 0.25) is 0 Å². The molecule has 0 spiro atoms. The van der Waals surface area contributed by atoms with Crippen molar-refractivity contribution in [3.63, 3.8) is 0 Å². The molecule has 2 N–H and O–H groups in total. The summed E-state index contributed by atoms with van der Waals surface area (Å²) in [6.07, 6.45) is 4.28. The van der Waals surface area contributed by atoms with Crippen LogP contribution in [0.5, 0.6) is 0 Å². The van der Waals surface area contributed by atoms with Crippen LogP contribution in [0.1, 0.15) is 29.0 Å². The van der Waals surface area contributed by atoms with Crippen LogP contribution in [0.4, 0.5) is 0 Å². The summed E-state index contributed by atoms with van der Waals surface area (Å²) >= 11 is 1.70. The topological polar surface area (TPSA) is 35.2 Å². The normalized spacial score (nSPS) is 15.5. The Balaban J connectivity index is 1.83. The van der Waals surface area contributed by atoms with E-state index in [4.69, 9.17) is 10.5 Å². The first kappa shape index (κ1) is 10.7. The largest absolute Gasteiger partial charge is 0.373 e. The highest BCUT2D eigenvalue weighted by atomic mass is 32.1. The zero-order valence-electron chi connectivity index (χ0n) is 8.66. The lowest BCUT2D eigenvalue weighted by molar-refractivity contribution is -0.00744. The average molecular weight is 221 g/mol. The molecule has 0 amide bonds. The minimum absolute atomic E-state index is 0.422. The molecule has 0 atom stereocenters. The Morgan fingerprint density at radius 3 is 3.00 bits per heavy atom. The highest BCUT2D eigenvalue weighted by molar-refractivity contribution is 7.12. The molecular formula is C12H15NOS. The van der Waals surface area contributed by atoms with Crippen LogP contribution in [0, 0.1) is 11.8 Å². The molecule has 0 saturated heterocycles. The second-order valence-corrected chi connectivity index (χ2v) is 4.80. The summed E-state index contributed by atoms with van der Waals surface area (Å²) in [6.45, 7) is 1.16. The van der Waals surface area contributed by atoms with Gasteiger partial charge in [0.15, 0.2) is 0 Å². The fourth-order valence-electron chi connectivity index (χ4n) is 1.40. The van der Waals surface area contributed by atoms with Crippen LogP contribution in [0.15, 0.2) is 12.1 Å². The molecule has 2 nitrogen and oxygen atoms in total. The molecule has 80 valence electrons. The Morgan fingerprint density at radius 2 is 2.33 bits per heavy atom. The van der Waals surface area contributed by atoms with E-state index in [1.165, 1.54) is 24.1 Å². The Bertz CT molecular complexity index is 370. The molecule has 15 heavy (non-hydrogen) atoms. The molecular weight excluding hydrogens is 206 g/mol. The van der Waals surface area contributed by atoms with E-state index in [9.17, 15) is 0 Å². The van der Waals surface area contributed by atoms with Gasteiger partial charge < -0.3 is 10.5 Å². The van der Waals surface area contributed by atoms with E-state index < -0.39 is 0 Å². The number of rotatable bonds is 3. The van der Waals surface area contributed by atoms with Crippen LogP contribution >= 0.6 is 11.3 Å². The van der Waals surface area contributed by atoms with E-state index in [1.807, 2.05) is 6.07 Å². The minimum atomic E-state index is 0.422. The van der Waals surface area contributed by atoms with Gasteiger partial charge in [-0.05, 0) is 31.4 Å². The summed E-state index contributed by atoms with van der Waals surface area (Å²) in [7, 11) is 0. The molecule has 1 aromatic heterocycles. The first-order valence-electron chi connectivity index (χ1n) is 5.28. The fourth-order valence-corrected chi connectivity index (χ4v) is 2.20. The maximum absolute atomic E-state index is 5.72.